The zero-order valence-corrected chi connectivity index (χ0v) is 24.8. The maximum Gasteiger partial charge on any atom is 0.336 e. The lowest BCUT2D eigenvalue weighted by Crippen LogP contribution is -2.32. The number of aromatic nitrogens is 4. The Hall–Kier alpha value is -3.24. The Morgan fingerprint density at radius 1 is 1.00 bits per heavy atom. The number of esters is 1. The van der Waals surface area contributed by atoms with Gasteiger partial charge < -0.3 is 18.9 Å². The summed E-state index contributed by atoms with van der Waals surface area (Å²) in [4.78, 5) is 21.1. The van der Waals surface area contributed by atoms with E-state index < -0.39 is 13.5 Å². The van der Waals surface area contributed by atoms with E-state index in [1.165, 1.54) is 7.11 Å². The Morgan fingerprint density at radius 2 is 1.68 bits per heavy atom. The minimum Gasteiger partial charge on any atom is -0.476 e. The van der Waals surface area contributed by atoms with Crippen LogP contribution in [0.2, 0.25) is 25.7 Å². The summed E-state index contributed by atoms with van der Waals surface area (Å²) in [6.07, 6.45) is 0. The number of benzene rings is 1. The molecular formula is C28H40N4O5Si. The van der Waals surface area contributed by atoms with Crippen LogP contribution in [0.25, 0.3) is 22.5 Å². The SMILES string of the molecule is CCOc1nc(-c2ccc(-c3ccc(OCC(C)(C)C(=O)OC)nc3C)cc2)n(COCC[Si](C)(C)C)n1. The van der Waals surface area contributed by atoms with E-state index in [0.29, 0.717) is 37.7 Å². The Bertz CT molecular complexity index is 1220. The Labute approximate surface area is 226 Å². The summed E-state index contributed by atoms with van der Waals surface area (Å²) in [7, 11) is 0.199. The van der Waals surface area contributed by atoms with Gasteiger partial charge in [0, 0.05) is 37.6 Å². The number of hydrogen-bond donors (Lipinski definition) is 0. The molecule has 2 heterocycles. The van der Waals surface area contributed by atoms with Crippen LogP contribution in [0.1, 0.15) is 26.5 Å². The lowest BCUT2D eigenvalue weighted by molar-refractivity contribution is -0.152. The normalized spacial score (nSPS) is 11.9. The van der Waals surface area contributed by atoms with Gasteiger partial charge in [-0.2, -0.15) is 4.98 Å². The highest BCUT2D eigenvalue weighted by Gasteiger charge is 2.30. The van der Waals surface area contributed by atoms with Crippen molar-refractivity contribution < 1.29 is 23.7 Å². The number of hydrogen-bond acceptors (Lipinski definition) is 8. The average Bonchev–Trinajstić information content (AvgIpc) is 3.27. The molecule has 3 rings (SSSR count). The lowest BCUT2D eigenvalue weighted by Gasteiger charge is -2.21. The van der Waals surface area contributed by atoms with Crippen molar-refractivity contribution >= 4 is 14.0 Å². The molecule has 0 N–H and O–H groups in total. The van der Waals surface area contributed by atoms with Gasteiger partial charge >= 0.3 is 12.0 Å². The number of aryl methyl sites for hydroxylation is 1. The van der Waals surface area contributed by atoms with Crippen LogP contribution in [-0.2, 0) is 21.0 Å². The van der Waals surface area contributed by atoms with Crippen LogP contribution in [0.15, 0.2) is 36.4 Å². The van der Waals surface area contributed by atoms with Gasteiger partial charge in [-0.25, -0.2) is 9.67 Å². The minimum absolute atomic E-state index is 0.173. The second kappa shape index (κ2) is 12.5. The number of rotatable bonds is 13. The maximum atomic E-state index is 11.9. The Kier molecular flexibility index (Phi) is 9.67. The number of nitrogens with zero attached hydrogens (tertiary/aromatic N) is 4. The fourth-order valence-corrected chi connectivity index (χ4v) is 4.41. The number of carbonyl (C=O) groups excluding carboxylic acids is 1. The van der Waals surface area contributed by atoms with Gasteiger partial charge in [0.1, 0.15) is 13.3 Å². The third kappa shape index (κ3) is 7.88. The number of carbonyl (C=O) groups is 1. The van der Waals surface area contributed by atoms with Gasteiger partial charge in [0.2, 0.25) is 5.88 Å². The molecule has 9 nitrogen and oxygen atoms in total. The van der Waals surface area contributed by atoms with Crippen LogP contribution in [-0.4, -0.2) is 60.7 Å². The van der Waals surface area contributed by atoms with Gasteiger partial charge in [-0.1, -0.05) is 43.9 Å². The molecule has 2 aromatic heterocycles. The fraction of sp³-hybridized carbons (Fsp3) is 0.500. The molecule has 0 saturated heterocycles. The van der Waals surface area contributed by atoms with Crippen LogP contribution in [0.3, 0.4) is 0 Å². The van der Waals surface area contributed by atoms with E-state index in [2.05, 4.69) is 34.7 Å². The lowest BCUT2D eigenvalue weighted by atomic mass is 9.95. The van der Waals surface area contributed by atoms with E-state index in [-0.39, 0.29) is 12.6 Å². The summed E-state index contributed by atoms with van der Waals surface area (Å²) >= 11 is 0. The van der Waals surface area contributed by atoms with Crippen molar-refractivity contribution in [3.63, 3.8) is 0 Å². The van der Waals surface area contributed by atoms with Crippen molar-refractivity contribution in [3.8, 4) is 34.4 Å². The Balaban J connectivity index is 1.74. The average molecular weight is 541 g/mol. The monoisotopic (exact) mass is 540 g/mol. The van der Waals surface area contributed by atoms with Crippen molar-refractivity contribution in [2.45, 2.75) is 60.1 Å². The minimum atomic E-state index is -1.17. The molecule has 206 valence electrons. The molecule has 0 spiro atoms. The zero-order valence-electron chi connectivity index (χ0n) is 23.8. The second-order valence-electron chi connectivity index (χ2n) is 11.0. The smallest absolute Gasteiger partial charge is 0.336 e. The molecule has 38 heavy (non-hydrogen) atoms. The van der Waals surface area contributed by atoms with Crippen molar-refractivity contribution in [1.29, 1.82) is 0 Å². The second-order valence-corrected chi connectivity index (χ2v) is 16.6. The van der Waals surface area contributed by atoms with Gasteiger partial charge in [-0.05, 0) is 45.4 Å². The molecule has 0 aliphatic heterocycles. The number of pyridine rings is 1. The van der Waals surface area contributed by atoms with E-state index in [1.807, 2.05) is 50.2 Å². The number of methoxy groups -OCH3 is 1. The van der Waals surface area contributed by atoms with E-state index in [0.717, 1.165) is 28.4 Å². The molecular weight excluding hydrogens is 500 g/mol. The summed E-state index contributed by atoms with van der Waals surface area (Å²) in [5, 5.41) is 4.48. The molecule has 10 heteroatoms. The van der Waals surface area contributed by atoms with E-state index >= 15 is 0 Å². The third-order valence-corrected chi connectivity index (χ3v) is 7.67. The predicted molar refractivity (Wildman–Crippen MR) is 150 cm³/mol. The summed E-state index contributed by atoms with van der Waals surface area (Å²) < 4.78 is 23.9. The topological polar surface area (TPSA) is 97.6 Å². The first-order valence-electron chi connectivity index (χ1n) is 12.9. The maximum absolute atomic E-state index is 11.9. The summed E-state index contributed by atoms with van der Waals surface area (Å²) in [6.45, 7) is 16.1. The van der Waals surface area contributed by atoms with Gasteiger partial charge in [-0.15, -0.1) is 5.10 Å². The first-order chi connectivity index (χ1) is 17.9. The van der Waals surface area contributed by atoms with Crippen molar-refractivity contribution in [2.75, 3.05) is 26.9 Å². The van der Waals surface area contributed by atoms with Crippen LogP contribution in [0.4, 0.5) is 0 Å². The van der Waals surface area contributed by atoms with Crippen molar-refractivity contribution in [1.82, 2.24) is 19.7 Å². The summed E-state index contributed by atoms with van der Waals surface area (Å²) in [6, 6.07) is 13.3. The molecule has 0 radical (unpaired) electrons. The van der Waals surface area contributed by atoms with Crippen LogP contribution < -0.4 is 9.47 Å². The van der Waals surface area contributed by atoms with Gasteiger partial charge in [0.15, 0.2) is 5.82 Å². The first-order valence-corrected chi connectivity index (χ1v) is 16.6. The van der Waals surface area contributed by atoms with E-state index in [4.69, 9.17) is 18.9 Å². The fourth-order valence-electron chi connectivity index (χ4n) is 3.66. The van der Waals surface area contributed by atoms with Gasteiger partial charge in [0.25, 0.3) is 0 Å². The molecule has 0 fully saturated rings. The quantitative estimate of drug-likeness (QED) is 0.157. The molecule has 0 aliphatic carbocycles. The summed E-state index contributed by atoms with van der Waals surface area (Å²) in [5.41, 5.74) is 2.98. The molecule has 0 bridgehead atoms. The van der Waals surface area contributed by atoms with Crippen LogP contribution in [0.5, 0.6) is 11.9 Å². The summed E-state index contributed by atoms with van der Waals surface area (Å²) in [5.74, 6) is 0.832. The highest BCUT2D eigenvalue weighted by molar-refractivity contribution is 6.76. The number of ether oxygens (including phenoxy) is 4. The molecule has 1 aromatic carbocycles. The molecule has 3 aromatic rings. The van der Waals surface area contributed by atoms with Crippen molar-refractivity contribution in [3.05, 3.63) is 42.1 Å². The first kappa shape index (κ1) is 29.3. The standard InChI is InChI=1S/C28H40N4O5Si/c1-9-36-27-30-25(32(31-27)19-35-16-17-38(6,7)8)22-12-10-21(11-13-22)23-14-15-24(29-20(23)2)37-18-28(3,4)26(33)34-5/h10-15H,9,16-19H2,1-8H3. The molecule has 0 atom stereocenters. The largest absolute Gasteiger partial charge is 0.476 e. The van der Waals surface area contributed by atoms with Crippen molar-refractivity contribution in [2.24, 2.45) is 5.41 Å². The third-order valence-electron chi connectivity index (χ3n) is 5.97. The highest BCUT2D eigenvalue weighted by atomic mass is 28.3. The van der Waals surface area contributed by atoms with Crippen LogP contribution in [0, 0.1) is 12.3 Å². The highest BCUT2D eigenvalue weighted by Crippen LogP contribution is 2.28. The molecule has 0 amide bonds. The zero-order chi connectivity index (χ0) is 27.9. The van der Waals surface area contributed by atoms with E-state index in [1.54, 1.807) is 18.5 Å². The molecule has 0 unspecified atom stereocenters. The molecule has 0 saturated carbocycles. The molecule has 0 aliphatic rings. The predicted octanol–water partition coefficient (Wildman–Crippen LogP) is 5.60. The van der Waals surface area contributed by atoms with Gasteiger partial charge in [-0.3, -0.25) is 4.79 Å². The van der Waals surface area contributed by atoms with E-state index in [9.17, 15) is 4.79 Å². The van der Waals surface area contributed by atoms with Gasteiger partial charge in [0.05, 0.1) is 19.1 Å². The Morgan fingerprint density at radius 3 is 2.29 bits per heavy atom. The van der Waals surface area contributed by atoms with Crippen LogP contribution >= 0.6 is 0 Å².